The minimum absolute atomic E-state index is 0.863. The Hall–Kier alpha value is -2.61. The molecule has 0 aliphatic rings. The molecule has 2 nitrogen and oxygen atoms in total. The summed E-state index contributed by atoms with van der Waals surface area (Å²) in [5, 5.41) is 2.49. The number of aryl methyl sites for hydroxylation is 1. The van der Waals surface area contributed by atoms with Crippen LogP contribution < -0.4 is 4.74 Å². The molecule has 0 fully saturated rings. The van der Waals surface area contributed by atoms with Gasteiger partial charge in [-0.25, -0.2) is 0 Å². The van der Waals surface area contributed by atoms with E-state index in [0.717, 1.165) is 17.0 Å². The number of nitrogens with zero attached hydrogens (tertiary/aromatic N) is 1. The number of fused-ring (bicyclic) bond motifs is 1. The highest BCUT2D eigenvalue weighted by molar-refractivity contribution is 5.92. The second-order valence-electron chi connectivity index (χ2n) is 4.98. The highest BCUT2D eigenvalue weighted by Gasteiger charge is 2.00. The molecule has 3 rings (SSSR count). The summed E-state index contributed by atoms with van der Waals surface area (Å²) in [6, 6.07) is 16.7. The Kier molecular flexibility index (Phi) is 3.69. The molecule has 0 unspecified atom stereocenters. The van der Waals surface area contributed by atoms with Crippen LogP contribution in [0.5, 0.6) is 5.75 Å². The summed E-state index contributed by atoms with van der Waals surface area (Å²) in [6.45, 7) is 1.99. The van der Waals surface area contributed by atoms with E-state index in [1.807, 2.05) is 25.3 Å². The fourth-order valence-electron chi connectivity index (χ4n) is 2.40. The lowest BCUT2D eigenvalue weighted by atomic mass is 10.0. The Morgan fingerprint density at radius 3 is 2.67 bits per heavy atom. The van der Waals surface area contributed by atoms with Crippen LogP contribution in [0.15, 0.2) is 54.7 Å². The van der Waals surface area contributed by atoms with Gasteiger partial charge in [0.1, 0.15) is 5.75 Å². The number of ether oxygens (including phenoxy) is 1. The maximum atomic E-state index is 5.33. The van der Waals surface area contributed by atoms with Crippen molar-refractivity contribution in [3.05, 3.63) is 71.5 Å². The third-order valence-electron chi connectivity index (χ3n) is 3.55. The summed E-state index contributed by atoms with van der Waals surface area (Å²) in [4.78, 5) is 4.42. The van der Waals surface area contributed by atoms with E-state index >= 15 is 0 Å². The van der Waals surface area contributed by atoms with Crippen molar-refractivity contribution in [1.82, 2.24) is 4.98 Å². The van der Waals surface area contributed by atoms with E-state index in [-0.39, 0.29) is 0 Å². The van der Waals surface area contributed by atoms with Crippen LogP contribution in [0.4, 0.5) is 0 Å². The van der Waals surface area contributed by atoms with Gasteiger partial charge in [-0.2, -0.15) is 0 Å². The summed E-state index contributed by atoms with van der Waals surface area (Å²) in [7, 11) is 1.68. The summed E-state index contributed by atoms with van der Waals surface area (Å²) in [5.74, 6) is 0.863. The van der Waals surface area contributed by atoms with Gasteiger partial charge >= 0.3 is 0 Å². The van der Waals surface area contributed by atoms with E-state index in [0.29, 0.717) is 0 Å². The topological polar surface area (TPSA) is 22.1 Å². The smallest absolute Gasteiger partial charge is 0.125 e. The molecule has 0 atom stereocenters. The fourth-order valence-corrected chi connectivity index (χ4v) is 2.40. The van der Waals surface area contributed by atoms with Gasteiger partial charge in [-0.15, -0.1) is 0 Å². The van der Waals surface area contributed by atoms with Gasteiger partial charge < -0.3 is 4.74 Å². The van der Waals surface area contributed by atoms with Crippen molar-refractivity contribution in [3.8, 4) is 5.75 Å². The average Bonchev–Trinajstić information content (AvgIpc) is 2.54. The number of hydrogen-bond acceptors (Lipinski definition) is 2. The molecule has 0 saturated heterocycles. The molecule has 0 aliphatic carbocycles. The van der Waals surface area contributed by atoms with Crippen LogP contribution in [-0.4, -0.2) is 12.1 Å². The molecule has 0 aliphatic heterocycles. The molecule has 0 bridgehead atoms. The maximum absolute atomic E-state index is 5.33. The number of methoxy groups -OCH3 is 1. The van der Waals surface area contributed by atoms with Crippen molar-refractivity contribution in [2.75, 3.05) is 7.11 Å². The third-order valence-corrected chi connectivity index (χ3v) is 3.55. The summed E-state index contributed by atoms with van der Waals surface area (Å²) < 4.78 is 5.33. The highest BCUT2D eigenvalue weighted by Crippen LogP contribution is 2.22. The normalized spacial score (nSPS) is 11.1. The van der Waals surface area contributed by atoms with Gasteiger partial charge in [0.25, 0.3) is 0 Å². The van der Waals surface area contributed by atoms with Crippen LogP contribution in [0.1, 0.15) is 16.8 Å². The van der Waals surface area contributed by atoms with Crippen molar-refractivity contribution in [2.45, 2.75) is 6.92 Å². The highest BCUT2D eigenvalue weighted by atomic mass is 16.5. The first kappa shape index (κ1) is 13.4. The molecule has 0 N–H and O–H groups in total. The SMILES string of the molecule is COc1cc(/C=C\c2cccc3ccccc23)ncc1C. The van der Waals surface area contributed by atoms with Gasteiger partial charge in [-0.1, -0.05) is 48.5 Å². The Morgan fingerprint density at radius 1 is 1.00 bits per heavy atom. The van der Waals surface area contributed by atoms with Crippen molar-refractivity contribution in [3.63, 3.8) is 0 Å². The molecular formula is C19H17NO. The Labute approximate surface area is 124 Å². The minimum Gasteiger partial charge on any atom is -0.496 e. The van der Waals surface area contributed by atoms with Gasteiger partial charge in [0.2, 0.25) is 0 Å². The fraction of sp³-hybridized carbons (Fsp3) is 0.105. The van der Waals surface area contributed by atoms with E-state index in [2.05, 4.69) is 53.5 Å². The standard InChI is InChI=1S/C19H17NO/c1-14-13-20-17(12-19(14)21-2)11-10-16-8-5-7-15-6-3-4-9-18(15)16/h3-13H,1-2H3/b11-10-. The summed E-state index contributed by atoms with van der Waals surface area (Å²) >= 11 is 0. The lowest BCUT2D eigenvalue weighted by Crippen LogP contribution is -1.90. The van der Waals surface area contributed by atoms with E-state index in [1.54, 1.807) is 7.11 Å². The van der Waals surface area contributed by atoms with E-state index in [9.17, 15) is 0 Å². The van der Waals surface area contributed by atoms with Gasteiger partial charge in [0, 0.05) is 17.8 Å². The Bertz CT molecular complexity index is 800. The largest absolute Gasteiger partial charge is 0.496 e. The minimum atomic E-state index is 0.863. The number of hydrogen-bond donors (Lipinski definition) is 0. The first-order valence-corrected chi connectivity index (χ1v) is 6.94. The van der Waals surface area contributed by atoms with Crippen LogP contribution in [-0.2, 0) is 0 Å². The van der Waals surface area contributed by atoms with Crippen molar-refractivity contribution >= 4 is 22.9 Å². The average molecular weight is 275 g/mol. The monoisotopic (exact) mass is 275 g/mol. The first-order chi connectivity index (χ1) is 10.3. The third kappa shape index (κ3) is 2.79. The molecule has 21 heavy (non-hydrogen) atoms. The van der Waals surface area contributed by atoms with Crippen LogP contribution >= 0.6 is 0 Å². The molecule has 3 aromatic rings. The molecule has 0 amide bonds. The van der Waals surface area contributed by atoms with Gasteiger partial charge in [-0.3, -0.25) is 4.98 Å². The predicted octanol–water partition coefficient (Wildman–Crippen LogP) is 4.72. The molecular weight excluding hydrogens is 258 g/mol. The van der Waals surface area contributed by atoms with Gasteiger partial charge in [0.05, 0.1) is 12.8 Å². The van der Waals surface area contributed by atoms with Crippen LogP contribution in [0.25, 0.3) is 22.9 Å². The second-order valence-corrected chi connectivity index (χ2v) is 4.98. The van der Waals surface area contributed by atoms with Crippen LogP contribution in [0.2, 0.25) is 0 Å². The zero-order valence-electron chi connectivity index (χ0n) is 12.2. The van der Waals surface area contributed by atoms with Gasteiger partial charge in [0.15, 0.2) is 0 Å². The van der Waals surface area contributed by atoms with E-state index in [1.165, 1.54) is 16.3 Å². The summed E-state index contributed by atoms with van der Waals surface area (Å²) in [6.07, 6.45) is 5.95. The zero-order valence-corrected chi connectivity index (χ0v) is 12.2. The van der Waals surface area contributed by atoms with E-state index in [4.69, 9.17) is 4.74 Å². The van der Waals surface area contributed by atoms with Crippen molar-refractivity contribution < 1.29 is 4.74 Å². The number of benzene rings is 2. The van der Waals surface area contributed by atoms with Crippen LogP contribution in [0.3, 0.4) is 0 Å². The lowest BCUT2D eigenvalue weighted by Gasteiger charge is -2.05. The number of rotatable bonds is 3. The van der Waals surface area contributed by atoms with E-state index < -0.39 is 0 Å². The van der Waals surface area contributed by atoms with Crippen LogP contribution in [0, 0.1) is 6.92 Å². The number of aromatic nitrogens is 1. The number of pyridine rings is 1. The lowest BCUT2D eigenvalue weighted by molar-refractivity contribution is 0.411. The molecule has 0 spiro atoms. The summed E-state index contributed by atoms with van der Waals surface area (Å²) in [5.41, 5.74) is 3.12. The first-order valence-electron chi connectivity index (χ1n) is 6.94. The molecule has 1 heterocycles. The van der Waals surface area contributed by atoms with Crippen molar-refractivity contribution in [1.29, 1.82) is 0 Å². The Balaban J connectivity index is 1.98. The quantitative estimate of drug-likeness (QED) is 0.690. The maximum Gasteiger partial charge on any atom is 0.125 e. The molecule has 2 heteroatoms. The molecule has 2 aromatic carbocycles. The molecule has 1 aromatic heterocycles. The van der Waals surface area contributed by atoms with Gasteiger partial charge in [-0.05, 0) is 29.3 Å². The predicted molar refractivity (Wildman–Crippen MR) is 88.4 cm³/mol. The van der Waals surface area contributed by atoms with Crippen molar-refractivity contribution in [2.24, 2.45) is 0 Å². The molecule has 104 valence electrons. The molecule has 0 saturated carbocycles. The second kappa shape index (κ2) is 5.80. The zero-order chi connectivity index (χ0) is 14.7. The molecule has 0 radical (unpaired) electrons. The Morgan fingerprint density at radius 2 is 1.81 bits per heavy atom.